The van der Waals surface area contributed by atoms with Crippen LogP contribution >= 0.6 is 7.52 Å². The molecule has 2 aromatic heterocycles. The van der Waals surface area contributed by atoms with Gasteiger partial charge in [-0.15, -0.1) is 0 Å². The Bertz CT molecular complexity index is 1350. The van der Waals surface area contributed by atoms with Gasteiger partial charge in [-0.1, -0.05) is 18.2 Å². The lowest BCUT2D eigenvalue weighted by Crippen LogP contribution is -2.35. The number of nitrogens with two attached hydrogens (primary N) is 1. The number of ether oxygens (including phenoxy) is 4. The van der Waals surface area contributed by atoms with Crippen LogP contribution in [0.3, 0.4) is 0 Å². The third-order valence-electron chi connectivity index (χ3n) is 6.10. The van der Waals surface area contributed by atoms with Crippen LogP contribution in [0.5, 0.6) is 5.75 Å². The van der Waals surface area contributed by atoms with Crippen LogP contribution in [0.1, 0.15) is 32.6 Å². The second-order valence-corrected chi connectivity index (χ2v) is 11.5. The van der Waals surface area contributed by atoms with Crippen molar-refractivity contribution in [3.8, 4) is 5.75 Å². The van der Waals surface area contributed by atoms with Crippen LogP contribution in [0.4, 0.5) is 5.82 Å². The Kier molecular flexibility index (Phi) is 7.11. The van der Waals surface area contributed by atoms with Crippen LogP contribution in [0.2, 0.25) is 0 Å². The number of carbonyl (C=O) groups is 1. The monoisotopic (exact) mass is 548 g/mol. The van der Waals surface area contributed by atoms with Gasteiger partial charge in [0.05, 0.1) is 18.5 Å². The third-order valence-corrected chi connectivity index (χ3v) is 7.91. The fourth-order valence-electron chi connectivity index (χ4n) is 4.48. The van der Waals surface area contributed by atoms with Crippen molar-refractivity contribution in [2.45, 2.75) is 57.0 Å². The number of aliphatic carboxylic acids is 1. The van der Waals surface area contributed by atoms with Crippen molar-refractivity contribution in [2.75, 3.05) is 18.7 Å². The Morgan fingerprint density at radius 1 is 1.26 bits per heavy atom. The molecule has 2 aliphatic heterocycles. The van der Waals surface area contributed by atoms with Crippen molar-refractivity contribution in [1.29, 1.82) is 0 Å². The number of hydrogen-bond acceptors (Lipinski definition) is 11. The Morgan fingerprint density at radius 3 is 2.74 bits per heavy atom. The quantitative estimate of drug-likeness (QED) is 0.313. The number of fused-ring (bicyclic) bond motifs is 2. The van der Waals surface area contributed by atoms with E-state index in [1.165, 1.54) is 13.3 Å². The second kappa shape index (κ2) is 10.2. The maximum atomic E-state index is 13.6. The summed E-state index contributed by atoms with van der Waals surface area (Å²) in [6, 6.07) is 7.31. The minimum absolute atomic E-state index is 0.0315. The van der Waals surface area contributed by atoms with Crippen LogP contribution in [0.25, 0.3) is 5.65 Å². The van der Waals surface area contributed by atoms with Crippen LogP contribution in [-0.4, -0.2) is 73.8 Å². The van der Waals surface area contributed by atoms with Crippen LogP contribution in [0, 0.1) is 0 Å². The predicted octanol–water partition coefficient (Wildman–Crippen LogP) is 1.98. The molecule has 0 radical (unpaired) electrons. The molecule has 15 heteroatoms. The van der Waals surface area contributed by atoms with E-state index in [0.29, 0.717) is 17.1 Å². The van der Waals surface area contributed by atoms with Gasteiger partial charge < -0.3 is 34.3 Å². The highest BCUT2D eigenvalue weighted by Gasteiger charge is 2.56. The first-order chi connectivity index (χ1) is 18.1. The number of hydrogen-bond donors (Lipinski definition) is 3. The van der Waals surface area contributed by atoms with Crippen molar-refractivity contribution in [3.05, 3.63) is 48.5 Å². The maximum Gasteiger partial charge on any atom is 0.342 e. The number of aromatic nitrogens is 4. The molecule has 2 unspecified atom stereocenters. The van der Waals surface area contributed by atoms with Gasteiger partial charge in [0.25, 0.3) is 0 Å². The molecular weight excluding hydrogens is 519 g/mol. The minimum atomic E-state index is -3.79. The predicted molar refractivity (Wildman–Crippen MR) is 132 cm³/mol. The molecule has 2 fully saturated rings. The van der Waals surface area contributed by atoms with Gasteiger partial charge in [0.15, 0.2) is 17.3 Å². The molecule has 3 aromatic rings. The Hall–Kier alpha value is -3.13. The highest BCUT2D eigenvalue weighted by molar-refractivity contribution is 7.57. The molecule has 0 spiro atoms. The van der Waals surface area contributed by atoms with E-state index in [9.17, 15) is 14.5 Å². The van der Waals surface area contributed by atoms with Crippen molar-refractivity contribution in [3.63, 3.8) is 0 Å². The molecule has 0 saturated carbocycles. The zero-order valence-electron chi connectivity index (χ0n) is 21.0. The number of nitrogen functional groups attached to an aromatic ring is 1. The lowest BCUT2D eigenvalue weighted by Gasteiger charge is -2.25. The highest BCUT2D eigenvalue weighted by Crippen LogP contribution is 2.47. The topological polar surface area (TPSA) is 182 Å². The van der Waals surface area contributed by atoms with Gasteiger partial charge in [-0.05, 0) is 32.9 Å². The van der Waals surface area contributed by atoms with Gasteiger partial charge >= 0.3 is 13.5 Å². The number of nitrogens with one attached hydrogen (secondary N) is 1. The van der Waals surface area contributed by atoms with Gasteiger partial charge in [0.1, 0.15) is 48.9 Å². The lowest BCUT2D eigenvalue weighted by molar-refractivity contribution is -0.192. The van der Waals surface area contributed by atoms with Crippen LogP contribution < -0.4 is 15.3 Å². The number of para-hydroxylation sites is 1. The van der Waals surface area contributed by atoms with Crippen molar-refractivity contribution in [1.82, 2.24) is 24.7 Å². The summed E-state index contributed by atoms with van der Waals surface area (Å²) in [6.07, 6.45) is 0.263. The van der Waals surface area contributed by atoms with Gasteiger partial charge in [-0.25, -0.2) is 19.6 Å². The average Bonchev–Trinajstić information content (AvgIpc) is 3.51. The van der Waals surface area contributed by atoms with E-state index >= 15 is 0 Å². The number of nitrogens with zero attached hydrogens (tertiary/aromatic N) is 4. The Balaban J connectivity index is 1.32. The molecule has 4 N–H and O–H groups in total. The van der Waals surface area contributed by atoms with E-state index in [0.717, 1.165) is 0 Å². The zero-order valence-corrected chi connectivity index (χ0v) is 21.9. The maximum absolute atomic E-state index is 13.6. The number of benzene rings is 1. The normalized spacial score (nSPS) is 26.6. The van der Waals surface area contributed by atoms with Crippen LogP contribution in [-0.2, 0) is 28.3 Å². The van der Waals surface area contributed by atoms with E-state index < -0.39 is 56.1 Å². The second-order valence-electron chi connectivity index (χ2n) is 9.49. The van der Waals surface area contributed by atoms with E-state index in [1.807, 2.05) is 0 Å². The molecule has 5 rings (SSSR count). The number of imidazole rings is 1. The molecule has 38 heavy (non-hydrogen) atoms. The molecule has 204 valence electrons. The largest absolute Gasteiger partial charge is 0.480 e. The van der Waals surface area contributed by atoms with E-state index in [-0.39, 0.29) is 12.4 Å². The first kappa shape index (κ1) is 26.5. The SMILES string of the molecule is C[C@H](NP(=O)(COC[C@H]1OC(c2cnc3c(N)ncnn23)[C@@H]2OC(C)(C)O[C@H]12)Oc1ccccc1)C(=O)O. The summed E-state index contributed by atoms with van der Waals surface area (Å²) < 4.78 is 45.1. The fourth-order valence-corrected chi connectivity index (χ4v) is 6.17. The van der Waals surface area contributed by atoms with E-state index in [4.69, 9.17) is 29.2 Å². The number of carboxylic acid groups (broad SMARTS) is 1. The molecule has 0 amide bonds. The molecular formula is C23H29N6O8P. The number of rotatable bonds is 10. The molecule has 0 bridgehead atoms. The Labute approximate surface area is 217 Å². The highest BCUT2D eigenvalue weighted by atomic mass is 31.2. The summed E-state index contributed by atoms with van der Waals surface area (Å²) >= 11 is 0. The summed E-state index contributed by atoms with van der Waals surface area (Å²) in [5, 5.41) is 16.1. The van der Waals surface area contributed by atoms with Gasteiger partial charge in [0, 0.05) is 0 Å². The summed E-state index contributed by atoms with van der Waals surface area (Å²) in [5.41, 5.74) is 6.91. The summed E-state index contributed by atoms with van der Waals surface area (Å²) in [5.74, 6) is -1.52. The first-order valence-corrected chi connectivity index (χ1v) is 13.7. The minimum Gasteiger partial charge on any atom is -0.480 e. The van der Waals surface area contributed by atoms with Crippen LogP contribution in [0.15, 0.2) is 42.9 Å². The molecule has 6 atom stereocenters. The number of carboxylic acids is 1. The molecule has 14 nitrogen and oxygen atoms in total. The molecule has 0 aliphatic carbocycles. The van der Waals surface area contributed by atoms with Gasteiger partial charge in [-0.3, -0.25) is 9.36 Å². The van der Waals surface area contributed by atoms with Gasteiger partial charge in [-0.2, -0.15) is 5.10 Å². The van der Waals surface area contributed by atoms with Gasteiger partial charge in [0.2, 0.25) is 0 Å². The molecule has 2 aliphatic rings. The zero-order chi connectivity index (χ0) is 27.1. The smallest absolute Gasteiger partial charge is 0.342 e. The van der Waals surface area contributed by atoms with Crippen molar-refractivity contribution < 1.29 is 37.9 Å². The third kappa shape index (κ3) is 5.37. The van der Waals surface area contributed by atoms with E-state index in [1.54, 1.807) is 54.9 Å². The molecule has 4 heterocycles. The van der Waals surface area contributed by atoms with E-state index in [2.05, 4.69) is 20.2 Å². The summed E-state index contributed by atoms with van der Waals surface area (Å²) in [6.45, 7) is 4.94. The first-order valence-electron chi connectivity index (χ1n) is 11.9. The summed E-state index contributed by atoms with van der Waals surface area (Å²) in [4.78, 5) is 19.7. The lowest BCUT2D eigenvalue weighted by atomic mass is 10.1. The average molecular weight is 548 g/mol. The van der Waals surface area contributed by atoms with Crippen molar-refractivity contribution >= 4 is 25.0 Å². The Morgan fingerprint density at radius 2 is 2.00 bits per heavy atom. The standard InChI is InChI=1S/C23H29N6O8P/c1-13(22(30)31)28-38(32,37-14-7-5-4-6-8-14)12-33-10-16-18-19(36-23(2,3)35-18)17(34-16)15-9-25-21-20(24)26-11-27-29(15)21/h4-9,11,13,16-19H,10,12H2,1-3H3,(H,28,32)(H,30,31)(H2,24,26,27)/t13-,16+,17?,18+,19-,38?/m0/s1. The fraction of sp³-hybridized carbons (Fsp3) is 0.478. The summed E-state index contributed by atoms with van der Waals surface area (Å²) in [7, 11) is -3.79. The molecule has 2 saturated heterocycles. The van der Waals surface area contributed by atoms with Crippen molar-refractivity contribution in [2.24, 2.45) is 0 Å². The molecule has 1 aromatic carbocycles. The number of anilines is 1.